The quantitative estimate of drug-likeness (QED) is 0.848. The van der Waals surface area contributed by atoms with E-state index < -0.39 is 0 Å². The first-order chi connectivity index (χ1) is 6.84. The molecule has 1 saturated heterocycles. The van der Waals surface area contributed by atoms with E-state index in [2.05, 4.69) is 52.2 Å². The third kappa shape index (κ3) is 2.85. The van der Waals surface area contributed by atoms with E-state index in [1.165, 1.54) is 22.1 Å². The second-order valence-electron chi connectivity index (χ2n) is 3.57. The fraction of sp³-hybridized carbons (Fsp3) is 0.455. The Morgan fingerprint density at radius 3 is 2.71 bits per heavy atom. The molecule has 1 aromatic rings. The minimum atomic E-state index is 0.490. The van der Waals surface area contributed by atoms with E-state index >= 15 is 0 Å². The van der Waals surface area contributed by atoms with Gasteiger partial charge in [-0.05, 0) is 59.7 Å². The van der Waals surface area contributed by atoms with Crippen molar-refractivity contribution in [3.8, 4) is 0 Å². The lowest BCUT2D eigenvalue weighted by Gasteiger charge is -2.24. The van der Waals surface area contributed by atoms with Crippen LogP contribution in [0.25, 0.3) is 0 Å². The zero-order valence-corrected chi connectivity index (χ0v) is 10.2. The predicted octanol–water partition coefficient (Wildman–Crippen LogP) is 2.88. The third-order valence-corrected chi connectivity index (χ3v) is 3.09. The maximum Gasteiger partial charge on any atom is 0.0667 e. The van der Waals surface area contributed by atoms with Gasteiger partial charge in [0.25, 0.3) is 0 Å². The van der Waals surface area contributed by atoms with Gasteiger partial charge in [-0.15, -0.1) is 0 Å². The van der Waals surface area contributed by atoms with Gasteiger partial charge in [0, 0.05) is 21.9 Å². The molecule has 0 aliphatic carbocycles. The summed E-state index contributed by atoms with van der Waals surface area (Å²) >= 11 is 2.31. The smallest absolute Gasteiger partial charge is 0.0667 e. The summed E-state index contributed by atoms with van der Waals surface area (Å²) in [5.41, 5.74) is 1.20. The van der Waals surface area contributed by atoms with Crippen LogP contribution in [-0.2, 0) is 4.74 Å². The summed E-state index contributed by atoms with van der Waals surface area (Å²) in [5, 5.41) is 3.48. The Bertz CT molecular complexity index is 280. The molecule has 1 atom stereocenters. The summed E-state index contributed by atoms with van der Waals surface area (Å²) in [5.74, 6) is 0. The first-order valence-corrected chi connectivity index (χ1v) is 6.02. The number of hydrogen-bond donors (Lipinski definition) is 1. The van der Waals surface area contributed by atoms with Crippen molar-refractivity contribution in [2.75, 3.05) is 18.5 Å². The van der Waals surface area contributed by atoms with Crippen LogP contribution in [0.4, 0.5) is 5.69 Å². The fourth-order valence-electron chi connectivity index (χ4n) is 1.64. The molecule has 14 heavy (non-hydrogen) atoms. The van der Waals surface area contributed by atoms with Gasteiger partial charge in [0.2, 0.25) is 0 Å². The normalized spacial score (nSPS) is 21.9. The molecule has 1 N–H and O–H groups in total. The minimum absolute atomic E-state index is 0.490. The molecule has 1 fully saturated rings. The van der Waals surface area contributed by atoms with Crippen molar-refractivity contribution in [1.82, 2.24) is 0 Å². The van der Waals surface area contributed by atoms with E-state index in [-0.39, 0.29) is 0 Å². The Morgan fingerprint density at radius 2 is 2.07 bits per heavy atom. The van der Waals surface area contributed by atoms with Gasteiger partial charge in [-0.1, -0.05) is 0 Å². The highest BCUT2D eigenvalue weighted by Gasteiger charge is 2.12. The summed E-state index contributed by atoms with van der Waals surface area (Å²) in [6, 6.07) is 8.97. The summed E-state index contributed by atoms with van der Waals surface area (Å²) in [4.78, 5) is 0. The second-order valence-corrected chi connectivity index (χ2v) is 4.81. The van der Waals surface area contributed by atoms with E-state index in [4.69, 9.17) is 4.74 Å². The maximum atomic E-state index is 5.41. The summed E-state index contributed by atoms with van der Waals surface area (Å²) < 4.78 is 6.69. The van der Waals surface area contributed by atoms with Crippen molar-refractivity contribution in [3.05, 3.63) is 27.8 Å². The fourth-order valence-corrected chi connectivity index (χ4v) is 2.00. The zero-order valence-electron chi connectivity index (χ0n) is 8.00. The Balaban J connectivity index is 1.92. The van der Waals surface area contributed by atoms with Gasteiger partial charge in [0.15, 0.2) is 0 Å². The number of anilines is 1. The number of ether oxygens (including phenoxy) is 1. The zero-order chi connectivity index (χ0) is 9.80. The highest BCUT2D eigenvalue weighted by Crippen LogP contribution is 2.15. The number of hydrogen-bond acceptors (Lipinski definition) is 2. The average Bonchev–Trinajstić information content (AvgIpc) is 2.23. The summed E-state index contributed by atoms with van der Waals surface area (Å²) in [6.07, 6.45) is 2.38. The molecule has 0 amide bonds. The third-order valence-electron chi connectivity index (χ3n) is 2.38. The van der Waals surface area contributed by atoms with Crippen molar-refractivity contribution in [2.24, 2.45) is 0 Å². The van der Waals surface area contributed by atoms with E-state index in [0.717, 1.165) is 13.2 Å². The lowest BCUT2D eigenvalue weighted by atomic mass is 10.1. The predicted molar refractivity (Wildman–Crippen MR) is 66.6 cm³/mol. The van der Waals surface area contributed by atoms with Crippen LogP contribution in [0.3, 0.4) is 0 Å². The van der Waals surface area contributed by atoms with Gasteiger partial charge in [-0.25, -0.2) is 0 Å². The molecule has 1 heterocycles. The Hall–Kier alpha value is -0.290. The van der Waals surface area contributed by atoms with Crippen LogP contribution in [0.15, 0.2) is 24.3 Å². The molecule has 3 heteroatoms. The number of benzene rings is 1. The van der Waals surface area contributed by atoms with Crippen molar-refractivity contribution in [2.45, 2.75) is 18.9 Å². The van der Waals surface area contributed by atoms with Crippen LogP contribution < -0.4 is 5.32 Å². The van der Waals surface area contributed by atoms with Crippen LogP contribution in [0.1, 0.15) is 12.8 Å². The molecule has 1 aliphatic rings. The van der Waals surface area contributed by atoms with Crippen LogP contribution in [0.5, 0.6) is 0 Å². The van der Waals surface area contributed by atoms with Gasteiger partial charge in [-0.3, -0.25) is 0 Å². The monoisotopic (exact) mass is 303 g/mol. The topological polar surface area (TPSA) is 21.3 Å². The van der Waals surface area contributed by atoms with Gasteiger partial charge in [0.1, 0.15) is 0 Å². The highest BCUT2D eigenvalue weighted by atomic mass is 127. The molecule has 2 nitrogen and oxygen atoms in total. The molecular weight excluding hydrogens is 289 g/mol. The number of nitrogens with one attached hydrogen (secondary N) is 1. The average molecular weight is 303 g/mol. The highest BCUT2D eigenvalue weighted by molar-refractivity contribution is 14.1. The molecule has 0 aromatic heterocycles. The van der Waals surface area contributed by atoms with Crippen molar-refractivity contribution < 1.29 is 4.74 Å². The van der Waals surface area contributed by atoms with E-state index in [9.17, 15) is 0 Å². The van der Waals surface area contributed by atoms with Crippen molar-refractivity contribution in [1.29, 1.82) is 0 Å². The molecule has 1 aliphatic heterocycles. The van der Waals surface area contributed by atoms with Crippen LogP contribution in [-0.4, -0.2) is 19.3 Å². The van der Waals surface area contributed by atoms with Crippen LogP contribution in [0.2, 0.25) is 0 Å². The van der Waals surface area contributed by atoms with Crippen molar-refractivity contribution >= 4 is 28.3 Å². The first kappa shape index (κ1) is 10.2. The second kappa shape index (κ2) is 4.98. The Labute approximate surface area is 98.2 Å². The van der Waals surface area contributed by atoms with E-state index in [1.807, 2.05) is 0 Å². The molecule has 0 saturated carbocycles. The molecule has 0 bridgehead atoms. The van der Waals surface area contributed by atoms with Crippen LogP contribution in [0, 0.1) is 3.57 Å². The Kier molecular flexibility index (Phi) is 3.64. The first-order valence-electron chi connectivity index (χ1n) is 4.94. The van der Waals surface area contributed by atoms with E-state index in [0.29, 0.717) is 6.04 Å². The standard InChI is InChI=1S/C11H14INO/c12-9-3-5-10(6-4-9)13-11-2-1-7-14-8-11/h3-6,11,13H,1-2,7-8H2. The number of halogens is 1. The van der Waals surface area contributed by atoms with Gasteiger partial charge >= 0.3 is 0 Å². The van der Waals surface area contributed by atoms with Crippen LogP contribution >= 0.6 is 22.6 Å². The summed E-state index contributed by atoms with van der Waals surface area (Å²) in [6.45, 7) is 1.76. The van der Waals surface area contributed by atoms with Gasteiger partial charge in [0.05, 0.1) is 6.61 Å². The molecular formula is C11H14INO. The molecule has 2 rings (SSSR count). The van der Waals surface area contributed by atoms with Crippen molar-refractivity contribution in [3.63, 3.8) is 0 Å². The SMILES string of the molecule is Ic1ccc(NC2CCCOC2)cc1. The Morgan fingerprint density at radius 1 is 1.29 bits per heavy atom. The molecule has 1 unspecified atom stereocenters. The molecule has 0 spiro atoms. The largest absolute Gasteiger partial charge is 0.380 e. The number of rotatable bonds is 2. The minimum Gasteiger partial charge on any atom is -0.380 e. The van der Waals surface area contributed by atoms with Gasteiger partial charge in [-0.2, -0.15) is 0 Å². The molecule has 0 radical (unpaired) electrons. The lowest BCUT2D eigenvalue weighted by Crippen LogP contribution is -2.29. The van der Waals surface area contributed by atoms with Gasteiger partial charge < -0.3 is 10.1 Å². The van der Waals surface area contributed by atoms with E-state index in [1.54, 1.807) is 0 Å². The molecule has 1 aromatic carbocycles. The lowest BCUT2D eigenvalue weighted by molar-refractivity contribution is 0.0876. The maximum absolute atomic E-state index is 5.41. The molecule has 76 valence electrons. The summed E-state index contributed by atoms with van der Waals surface area (Å²) in [7, 11) is 0.